The van der Waals surface area contributed by atoms with Gasteiger partial charge < -0.3 is 31.0 Å². The fraction of sp³-hybridized carbons (Fsp3) is 0.480. The number of aliphatic carboxylic acids is 1. The van der Waals surface area contributed by atoms with E-state index < -0.39 is 46.1 Å². The van der Waals surface area contributed by atoms with Crippen LogP contribution in [0, 0.1) is 5.41 Å². The fourth-order valence-electron chi connectivity index (χ4n) is 4.76. The summed E-state index contributed by atoms with van der Waals surface area (Å²) in [6.45, 7) is 6.16. The Balaban J connectivity index is 1.28. The average molecular weight is 696 g/mol. The number of rotatable bonds is 11. The molecule has 46 heavy (non-hydrogen) atoms. The number of nitrogens with one attached hydrogen (secondary N) is 3. The second-order valence-corrected chi connectivity index (χ2v) is 14.2. The molecule has 18 nitrogen and oxygen atoms in total. The van der Waals surface area contributed by atoms with Crippen LogP contribution in [-0.2, 0) is 24.0 Å². The van der Waals surface area contributed by atoms with Crippen molar-refractivity contribution in [2.45, 2.75) is 44.7 Å². The zero-order chi connectivity index (χ0) is 33.6. The first kappa shape index (κ1) is 33.5. The predicted molar refractivity (Wildman–Crippen MR) is 171 cm³/mol. The number of oxime groups is 1. The molecular weight excluding hydrogens is 663 g/mol. The summed E-state index contributed by atoms with van der Waals surface area (Å²) < 4.78 is 0. The van der Waals surface area contributed by atoms with E-state index in [0.717, 1.165) is 27.7 Å². The van der Waals surface area contributed by atoms with Crippen molar-refractivity contribution in [1.29, 1.82) is 0 Å². The maximum atomic E-state index is 13.4. The van der Waals surface area contributed by atoms with Crippen molar-refractivity contribution in [3.8, 4) is 0 Å². The van der Waals surface area contributed by atoms with Crippen molar-refractivity contribution in [2.75, 3.05) is 30.5 Å². The number of aromatic nitrogens is 1. The van der Waals surface area contributed by atoms with Gasteiger partial charge in [-0.05, 0) is 27.7 Å². The van der Waals surface area contributed by atoms with Crippen LogP contribution < -0.4 is 27.9 Å². The van der Waals surface area contributed by atoms with E-state index in [2.05, 4.69) is 26.0 Å². The largest absolute Gasteiger partial charge is 0.481 e. The van der Waals surface area contributed by atoms with Gasteiger partial charge in [0.05, 0.1) is 11.2 Å². The van der Waals surface area contributed by atoms with Gasteiger partial charge in [0.1, 0.15) is 29.3 Å². The second-order valence-electron chi connectivity index (χ2n) is 11.2. The van der Waals surface area contributed by atoms with E-state index in [0.29, 0.717) is 5.82 Å². The van der Waals surface area contributed by atoms with Crippen LogP contribution in [0.1, 0.15) is 33.4 Å². The van der Waals surface area contributed by atoms with Gasteiger partial charge in [-0.2, -0.15) is 0 Å². The number of fused-ring (bicyclic) bond motifs is 2. The molecule has 1 aromatic rings. The maximum absolute atomic E-state index is 13.4. The number of aliphatic hydroxyl groups excluding tert-OH is 1. The highest BCUT2D eigenvalue weighted by molar-refractivity contribution is 8.03. The lowest BCUT2D eigenvalue weighted by Crippen LogP contribution is -2.74. The minimum absolute atomic E-state index is 0.0639. The van der Waals surface area contributed by atoms with Crippen molar-refractivity contribution >= 4 is 75.1 Å². The third-order valence-corrected chi connectivity index (χ3v) is 11.3. The van der Waals surface area contributed by atoms with Gasteiger partial charge in [0, 0.05) is 34.7 Å². The highest BCUT2D eigenvalue weighted by Gasteiger charge is 2.58. The van der Waals surface area contributed by atoms with Gasteiger partial charge in [-0.1, -0.05) is 5.16 Å². The molecule has 0 saturated carbocycles. The van der Waals surface area contributed by atoms with Crippen molar-refractivity contribution in [3.05, 3.63) is 33.7 Å². The number of hydrogen-bond donors (Lipinski definition) is 7. The van der Waals surface area contributed by atoms with E-state index in [-0.39, 0.29) is 41.3 Å². The summed E-state index contributed by atoms with van der Waals surface area (Å²) in [6.07, 6.45) is 1.64. The first-order valence-corrected chi connectivity index (χ1v) is 16.6. The number of carboxylic acid groups (broad SMARTS) is 1. The predicted octanol–water partition coefficient (Wildman–Crippen LogP) is -1.09. The van der Waals surface area contributed by atoms with Crippen LogP contribution in [-0.4, -0.2) is 107 Å². The number of carboxylic acids is 1. The van der Waals surface area contributed by atoms with Crippen LogP contribution in [0.15, 0.2) is 38.2 Å². The summed E-state index contributed by atoms with van der Waals surface area (Å²) in [5.74, 6) is 3.06. The van der Waals surface area contributed by atoms with E-state index in [1.165, 1.54) is 52.7 Å². The number of anilines is 1. The number of β-lactam (4-membered cyclic amide) rings is 1. The van der Waals surface area contributed by atoms with Gasteiger partial charge in [-0.25, -0.2) is 20.8 Å². The Hall–Kier alpha value is -3.89. The molecule has 3 amide bonds. The van der Waals surface area contributed by atoms with Crippen LogP contribution in [0.4, 0.5) is 5.13 Å². The zero-order valence-corrected chi connectivity index (χ0v) is 27.6. The SMILES string of the molecule is CC1=NC2=CN(CO)NN2C(SCC2(C(=O)O)CS[C@@H]3C(NC(=O)C(=NOC(C)(C)C(=O)NN)c4csc(N)n4)C(=O)N3C2)=C1C. The summed E-state index contributed by atoms with van der Waals surface area (Å²) in [5.41, 5.74) is 9.24. The lowest BCUT2D eigenvalue weighted by Gasteiger charge is -2.53. The van der Waals surface area contributed by atoms with E-state index >= 15 is 0 Å². The number of carbonyl (C=O) groups is 4. The Kier molecular flexibility index (Phi) is 9.26. The topological polar surface area (TPSA) is 253 Å². The van der Waals surface area contributed by atoms with E-state index in [9.17, 15) is 29.4 Å². The van der Waals surface area contributed by atoms with Gasteiger partial charge in [-0.15, -0.1) is 40.4 Å². The molecular formula is C25H33N11O7S3. The number of nitrogens with two attached hydrogens (primary N) is 2. The molecule has 1 aromatic heterocycles. The molecule has 4 aliphatic rings. The van der Waals surface area contributed by atoms with E-state index in [4.69, 9.17) is 16.4 Å². The van der Waals surface area contributed by atoms with E-state index in [1.807, 2.05) is 19.3 Å². The molecule has 0 radical (unpaired) electrons. The van der Waals surface area contributed by atoms with Gasteiger partial charge in [-0.3, -0.25) is 29.6 Å². The number of nitrogen functional groups attached to an aromatic ring is 1. The monoisotopic (exact) mass is 695 g/mol. The number of thiazole rings is 1. The third-order valence-electron chi connectivity index (χ3n) is 7.62. The first-order valence-electron chi connectivity index (χ1n) is 13.7. The fourth-order valence-corrected chi connectivity index (χ4v) is 8.33. The van der Waals surface area contributed by atoms with Crippen LogP contribution in [0.5, 0.6) is 0 Å². The van der Waals surface area contributed by atoms with Crippen molar-refractivity contribution < 1.29 is 34.2 Å². The van der Waals surface area contributed by atoms with E-state index in [1.54, 1.807) is 11.2 Å². The molecule has 0 spiro atoms. The lowest BCUT2D eigenvalue weighted by molar-refractivity contribution is -0.157. The Morgan fingerprint density at radius 2 is 2.09 bits per heavy atom. The lowest BCUT2D eigenvalue weighted by atomic mass is 9.89. The van der Waals surface area contributed by atoms with Gasteiger partial charge in [0.15, 0.2) is 16.7 Å². The molecule has 248 valence electrons. The Bertz CT molecular complexity index is 1590. The summed E-state index contributed by atoms with van der Waals surface area (Å²) in [7, 11) is 0. The number of nitrogens with zero attached hydrogens (tertiary/aromatic N) is 6. The molecule has 0 aromatic carbocycles. The highest BCUT2D eigenvalue weighted by Crippen LogP contribution is 2.46. The Labute approximate surface area is 275 Å². The number of carbonyl (C=O) groups excluding carboxylic acids is 3. The molecule has 5 heterocycles. The summed E-state index contributed by atoms with van der Waals surface area (Å²) in [4.78, 5) is 66.8. The smallest absolute Gasteiger partial charge is 0.313 e. The summed E-state index contributed by atoms with van der Waals surface area (Å²) in [6, 6.07) is -0.966. The van der Waals surface area contributed by atoms with Crippen LogP contribution >= 0.6 is 34.9 Å². The summed E-state index contributed by atoms with van der Waals surface area (Å²) in [5, 5.41) is 31.4. The van der Waals surface area contributed by atoms with Crippen LogP contribution in [0.2, 0.25) is 0 Å². The molecule has 0 bridgehead atoms. The molecule has 3 atom stereocenters. The van der Waals surface area contributed by atoms with Crippen molar-refractivity contribution in [2.24, 2.45) is 21.4 Å². The number of amides is 3. The van der Waals surface area contributed by atoms with Crippen LogP contribution in [0.25, 0.3) is 0 Å². The Morgan fingerprint density at radius 3 is 2.72 bits per heavy atom. The quantitative estimate of drug-likeness (QED) is 0.0477. The van der Waals surface area contributed by atoms with Gasteiger partial charge >= 0.3 is 5.97 Å². The number of thioether (sulfide) groups is 2. The minimum atomic E-state index is -1.54. The number of aliphatic hydroxyl groups is 1. The molecule has 5 rings (SSSR count). The molecule has 9 N–H and O–H groups in total. The number of aliphatic imine (C=N–C) groups is 1. The van der Waals surface area contributed by atoms with Gasteiger partial charge in [0.25, 0.3) is 11.8 Å². The zero-order valence-electron chi connectivity index (χ0n) is 25.1. The summed E-state index contributed by atoms with van der Waals surface area (Å²) >= 11 is 3.62. The normalized spacial score (nSPS) is 24.5. The molecule has 4 aliphatic heterocycles. The number of allylic oxidation sites excluding steroid dienone is 1. The molecule has 2 unspecified atom stereocenters. The number of hydrogen-bond acceptors (Lipinski definition) is 17. The number of hydrazine groups is 3. The molecule has 21 heteroatoms. The minimum Gasteiger partial charge on any atom is -0.481 e. The molecule has 0 aliphatic carbocycles. The standard InChI is InChI=1S/C25H33N11O7S3/c1-11-12(2)28-14-5-34(10-37)33-36(14)19(11)45-8-25(22(41)42)7-35-18(39)16(20(35)46-9-25)30-17(38)15(13-6-44-23(26)29-13)32-43-24(3,4)21(40)31-27/h5-6,16,20,33,37H,7-10,27H2,1-4H3,(H2,26,29)(H,30,38)(H,31,40)(H,41,42)/t16?,20-,25?/m1/s1. The first-order chi connectivity index (χ1) is 21.7. The molecule has 2 saturated heterocycles. The van der Waals surface area contributed by atoms with Crippen molar-refractivity contribution in [1.82, 2.24) is 36.2 Å². The highest BCUT2D eigenvalue weighted by atomic mass is 32.2. The molecule has 2 fully saturated rings. The second kappa shape index (κ2) is 12.7. The van der Waals surface area contributed by atoms with Gasteiger partial charge in [0.2, 0.25) is 11.5 Å². The maximum Gasteiger partial charge on any atom is 0.313 e. The average Bonchev–Trinajstić information content (AvgIpc) is 3.64. The third kappa shape index (κ3) is 6.12. The van der Waals surface area contributed by atoms with Crippen LogP contribution in [0.3, 0.4) is 0 Å². The Morgan fingerprint density at radius 1 is 1.35 bits per heavy atom. The van der Waals surface area contributed by atoms with Crippen molar-refractivity contribution in [3.63, 3.8) is 0 Å².